The summed E-state index contributed by atoms with van der Waals surface area (Å²) in [5.41, 5.74) is 2.06. The molecule has 0 saturated carbocycles. The molecule has 28 heavy (non-hydrogen) atoms. The van der Waals surface area contributed by atoms with Gasteiger partial charge in [-0.1, -0.05) is 65.6 Å². The minimum absolute atomic E-state index is 0.224. The summed E-state index contributed by atoms with van der Waals surface area (Å²) in [4.78, 5) is 11.4. The second kappa shape index (κ2) is 9.18. The summed E-state index contributed by atoms with van der Waals surface area (Å²) in [6.45, 7) is 0. The highest BCUT2D eigenvalue weighted by Crippen LogP contribution is 2.29. The minimum atomic E-state index is -3.65. The SMILES string of the molecule is COC(=O)c1ccc(CS(=O)(=O)Nc2nnc(SCc3ccccc3)s2)cc1. The largest absolute Gasteiger partial charge is 0.465 e. The van der Waals surface area contributed by atoms with E-state index in [1.54, 1.807) is 12.1 Å². The van der Waals surface area contributed by atoms with Crippen LogP contribution in [0.3, 0.4) is 0 Å². The summed E-state index contributed by atoms with van der Waals surface area (Å²) in [5.74, 6) is 0.0249. The van der Waals surface area contributed by atoms with Crippen LogP contribution < -0.4 is 4.72 Å². The molecule has 0 radical (unpaired) electrons. The molecule has 2 aromatic carbocycles. The Morgan fingerprint density at radius 3 is 2.46 bits per heavy atom. The maximum absolute atomic E-state index is 12.4. The summed E-state index contributed by atoms with van der Waals surface area (Å²) in [6, 6.07) is 16.1. The number of rotatable bonds is 8. The molecule has 1 aromatic heterocycles. The molecule has 10 heteroatoms. The number of hydrogen-bond donors (Lipinski definition) is 1. The van der Waals surface area contributed by atoms with Gasteiger partial charge in [-0.15, -0.1) is 10.2 Å². The van der Waals surface area contributed by atoms with E-state index in [-0.39, 0.29) is 10.9 Å². The molecule has 0 aliphatic rings. The Balaban J connectivity index is 1.58. The van der Waals surface area contributed by atoms with E-state index >= 15 is 0 Å². The molecular weight excluding hydrogens is 418 g/mol. The Kier molecular flexibility index (Phi) is 6.65. The van der Waals surface area contributed by atoms with E-state index in [0.29, 0.717) is 15.5 Å². The minimum Gasteiger partial charge on any atom is -0.465 e. The zero-order valence-electron chi connectivity index (χ0n) is 14.9. The molecule has 1 heterocycles. The lowest BCUT2D eigenvalue weighted by Crippen LogP contribution is -2.15. The number of carbonyl (C=O) groups is 1. The lowest BCUT2D eigenvalue weighted by molar-refractivity contribution is 0.0600. The highest BCUT2D eigenvalue weighted by atomic mass is 32.2. The van der Waals surface area contributed by atoms with E-state index in [0.717, 1.165) is 11.3 Å². The van der Waals surface area contributed by atoms with Crippen LogP contribution in [-0.2, 0) is 26.3 Å². The number of benzene rings is 2. The van der Waals surface area contributed by atoms with Crippen molar-refractivity contribution in [1.82, 2.24) is 10.2 Å². The standard InChI is InChI=1S/C18H17N3O4S3/c1-25-16(22)15-9-7-14(8-10-15)12-28(23,24)21-17-19-20-18(27-17)26-11-13-5-3-2-4-6-13/h2-10H,11-12H2,1H3,(H,19,21). The third-order valence-electron chi connectivity index (χ3n) is 3.59. The van der Waals surface area contributed by atoms with Gasteiger partial charge in [0, 0.05) is 5.75 Å². The Bertz CT molecular complexity index is 1040. The number of nitrogens with zero attached hydrogens (tertiary/aromatic N) is 2. The van der Waals surface area contributed by atoms with Crippen LogP contribution >= 0.6 is 23.1 Å². The van der Waals surface area contributed by atoms with Crippen molar-refractivity contribution < 1.29 is 17.9 Å². The predicted molar refractivity (Wildman–Crippen MR) is 110 cm³/mol. The molecule has 0 amide bonds. The molecule has 0 bridgehead atoms. The van der Waals surface area contributed by atoms with Gasteiger partial charge in [0.25, 0.3) is 0 Å². The second-order valence-electron chi connectivity index (χ2n) is 5.70. The lowest BCUT2D eigenvalue weighted by Gasteiger charge is -2.05. The number of thioether (sulfide) groups is 1. The number of sulfonamides is 1. The first-order valence-electron chi connectivity index (χ1n) is 8.13. The summed E-state index contributed by atoms with van der Waals surface area (Å²) in [5, 5.41) is 8.14. The maximum Gasteiger partial charge on any atom is 0.337 e. The van der Waals surface area contributed by atoms with E-state index < -0.39 is 16.0 Å². The van der Waals surface area contributed by atoms with Crippen LogP contribution in [0, 0.1) is 0 Å². The van der Waals surface area contributed by atoms with Crippen molar-refractivity contribution in [3.63, 3.8) is 0 Å². The molecule has 0 spiro atoms. The Labute approximate surface area is 171 Å². The number of carbonyl (C=O) groups excluding carboxylic acids is 1. The molecular formula is C18H17N3O4S3. The van der Waals surface area contributed by atoms with Crippen molar-refractivity contribution in [1.29, 1.82) is 0 Å². The van der Waals surface area contributed by atoms with Crippen molar-refractivity contribution in [3.05, 3.63) is 71.3 Å². The van der Waals surface area contributed by atoms with Gasteiger partial charge in [0.2, 0.25) is 15.2 Å². The third kappa shape index (κ3) is 5.78. The van der Waals surface area contributed by atoms with Gasteiger partial charge in [0.15, 0.2) is 4.34 Å². The Morgan fingerprint density at radius 1 is 1.07 bits per heavy atom. The van der Waals surface area contributed by atoms with Crippen LogP contribution in [0.25, 0.3) is 0 Å². The van der Waals surface area contributed by atoms with E-state index in [1.807, 2.05) is 30.3 Å². The molecule has 0 atom stereocenters. The van der Waals surface area contributed by atoms with E-state index in [4.69, 9.17) is 0 Å². The predicted octanol–water partition coefficient (Wildman–Crippen LogP) is 3.56. The molecule has 3 aromatic rings. The van der Waals surface area contributed by atoms with Gasteiger partial charge in [-0.25, -0.2) is 13.2 Å². The number of anilines is 1. The first-order valence-corrected chi connectivity index (χ1v) is 11.6. The molecule has 0 aliphatic carbocycles. The number of aromatic nitrogens is 2. The molecule has 0 saturated heterocycles. The van der Waals surface area contributed by atoms with Crippen molar-refractivity contribution >= 4 is 44.2 Å². The van der Waals surface area contributed by atoms with Gasteiger partial charge in [-0.05, 0) is 23.3 Å². The fourth-order valence-corrected chi connectivity index (χ4v) is 5.39. The average Bonchev–Trinajstić information content (AvgIpc) is 3.13. The van der Waals surface area contributed by atoms with Crippen LogP contribution in [0.15, 0.2) is 58.9 Å². The van der Waals surface area contributed by atoms with Crippen LogP contribution in [0.5, 0.6) is 0 Å². The average molecular weight is 436 g/mol. The highest BCUT2D eigenvalue weighted by molar-refractivity contribution is 8.00. The number of esters is 1. The first kappa shape index (κ1) is 20.3. The van der Waals surface area contributed by atoms with E-state index in [1.165, 1.54) is 42.3 Å². The number of hydrogen-bond acceptors (Lipinski definition) is 8. The smallest absolute Gasteiger partial charge is 0.337 e. The number of methoxy groups -OCH3 is 1. The summed E-state index contributed by atoms with van der Waals surface area (Å²) in [7, 11) is -2.36. The quantitative estimate of drug-likeness (QED) is 0.427. The topological polar surface area (TPSA) is 98.2 Å². The van der Waals surface area contributed by atoms with Crippen LogP contribution in [0.2, 0.25) is 0 Å². The molecule has 0 aliphatic heterocycles. The van der Waals surface area contributed by atoms with Crippen LogP contribution in [0.1, 0.15) is 21.5 Å². The summed E-state index contributed by atoms with van der Waals surface area (Å²) in [6.07, 6.45) is 0. The molecule has 3 rings (SSSR count). The number of nitrogens with one attached hydrogen (secondary N) is 1. The molecule has 7 nitrogen and oxygen atoms in total. The number of ether oxygens (including phenoxy) is 1. The summed E-state index contributed by atoms with van der Waals surface area (Å²) >= 11 is 2.69. The van der Waals surface area contributed by atoms with Gasteiger partial charge in [-0.3, -0.25) is 4.72 Å². The van der Waals surface area contributed by atoms with E-state index in [9.17, 15) is 13.2 Å². The van der Waals surface area contributed by atoms with Crippen molar-refractivity contribution in [2.45, 2.75) is 15.8 Å². The van der Waals surface area contributed by atoms with Crippen LogP contribution in [-0.4, -0.2) is 31.7 Å². The molecule has 0 unspecified atom stereocenters. The maximum atomic E-state index is 12.4. The van der Waals surface area contributed by atoms with Crippen molar-refractivity contribution in [2.75, 3.05) is 11.8 Å². The zero-order chi connectivity index (χ0) is 20.0. The molecule has 146 valence electrons. The summed E-state index contributed by atoms with van der Waals surface area (Å²) < 4.78 is 32.5. The Hall–Kier alpha value is -2.43. The van der Waals surface area contributed by atoms with Crippen LogP contribution in [0.4, 0.5) is 5.13 Å². The Morgan fingerprint density at radius 2 is 1.79 bits per heavy atom. The van der Waals surface area contributed by atoms with Crippen molar-refractivity contribution in [3.8, 4) is 0 Å². The second-order valence-corrected chi connectivity index (χ2v) is 9.62. The normalized spacial score (nSPS) is 11.2. The highest BCUT2D eigenvalue weighted by Gasteiger charge is 2.16. The first-order chi connectivity index (χ1) is 13.4. The fourth-order valence-electron chi connectivity index (χ4n) is 2.27. The molecule has 1 N–H and O–H groups in total. The van der Waals surface area contributed by atoms with Crippen molar-refractivity contribution in [2.24, 2.45) is 0 Å². The fraction of sp³-hybridized carbons (Fsp3) is 0.167. The van der Waals surface area contributed by atoms with E-state index in [2.05, 4.69) is 19.7 Å². The monoisotopic (exact) mass is 435 g/mol. The lowest BCUT2D eigenvalue weighted by atomic mass is 10.1. The van der Waals surface area contributed by atoms with Gasteiger partial charge in [0.05, 0.1) is 18.4 Å². The zero-order valence-corrected chi connectivity index (χ0v) is 17.3. The van der Waals surface area contributed by atoms with Gasteiger partial charge < -0.3 is 4.74 Å². The molecule has 0 fully saturated rings. The van der Waals surface area contributed by atoms with Gasteiger partial charge in [-0.2, -0.15) is 0 Å². The third-order valence-corrected chi connectivity index (χ3v) is 6.98. The van der Waals surface area contributed by atoms with Gasteiger partial charge in [0.1, 0.15) is 0 Å². The van der Waals surface area contributed by atoms with Gasteiger partial charge >= 0.3 is 5.97 Å².